The first-order valence-corrected chi connectivity index (χ1v) is 11.9. The van der Waals surface area contributed by atoms with Gasteiger partial charge in [-0.15, -0.1) is 11.3 Å². The number of ketones is 1. The fourth-order valence-corrected chi connectivity index (χ4v) is 5.02. The molecule has 0 spiro atoms. The summed E-state index contributed by atoms with van der Waals surface area (Å²) in [5, 5.41) is 13.5. The van der Waals surface area contributed by atoms with Gasteiger partial charge in [0.2, 0.25) is 0 Å². The maximum atomic E-state index is 15.0. The van der Waals surface area contributed by atoms with Gasteiger partial charge in [0.05, 0.1) is 24.3 Å². The molecule has 11 heteroatoms. The lowest BCUT2D eigenvalue weighted by atomic mass is 9.91. The molecule has 188 valence electrons. The molecular weight excluding hydrogens is 492 g/mol. The van der Waals surface area contributed by atoms with E-state index >= 15 is 0 Å². The molecule has 36 heavy (non-hydrogen) atoms. The zero-order valence-electron chi connectivity index (χ0n) is 19.2. The molecule has 3 aromatic rings. The second kappa shape index (κ2) is 10.2. The van der Waals surface area contributed by atoms with Gasteiger partial charge < -0.3 is 20.9 Å². The number of rotatable bonds is 10. The summed E-state index contributed by atoms with van der Waals surface area (Å²) in [4.78, 5) is 39.3. The van der Waals surface area contributed by atoms with Gasteiger partial charge in [0.25, 0.3) is 5.91 Å². The predicted octanol–water partition coefficient (Wildman–Crippen LogP) is 3.49. The van der Waals surface area contributed by atoms with E-state index in [0.717, 1.165) is 23.5 Å². The summed E-state index contributed by atoms with van der Waals surface area (Å²) in [5.41, 5.74) is 4.33. The Morgan fingerprint density at radius 1 is 1.28 bits per heavy atom. The molecule has 1 fully saturated rings. The summed E-state index contributed by atoms with van der Waals surface area (Å²) in [7, 11) is 0. The van der Waals surface area contributed by atoms with E-state index in [2.05, 4.69) is 10.3 Å². The molecule has 1 atom stereocenters. The van der Waals surface area contributed by atoms with Crippen molar-refractivity contribution in [2.75, 3.05) is 18.5 Å². The Labute approximate surface area is 209 Å². The summed E-state index contributed by atoms with van der Waals surface area (Å²) in [5.74, 6) is -3.31. The number of aliphatic hydroxyl groups is 1. The molecule has 0 aliphatic carbocycles. The number of halogens is 2. The number of Topliss-reactive ketones (excluding diaryl/α,β-unsaturated/α-hetero) is 1. The smallest absolute Gasteiger partial charge is 0.251 e. The Balaban J connectivity index is 1.64. The van der Waals surface area contributed by atoms with Gasteiger partial charge in [-0.05, 0) is 48.7 Å². The van der Waals surface area contributed by atoms with Gasteiger partial charge in [-0.2, -0.15) is 0 Å². The van der Waals surface area contributed by atoms with E-state index in [1.807, 2.05) is 0 Å². The molecule has 8 nitrogen and oxygen atoms in total. The van der Waals surface area contributed by atoms with Crippen molar-refractivity contribution in [1.29, 1.82) is 0 Å². The third-order valence-corrected chi connectivity index (χ3v) is 7.09. The maximum absolute atomic E-state index is 15.0. The van der Waals surface area contributed by atoms with E-state index in [1.165, 1.54) is 6.07 Å². The number of nitrogens with one attached hydrogen (secondary N) is 1. The molecule has 4 rings (SSSR count). The molecular formula is C25H23F2N3O5S. The SMILES string of the molecule is CCC(Cc1cccc(Nc2sc(-c3c(F)cc(C4(O)COC4)cc3F)cc2C(N)=O)n1)C(=O)C=O. The second-order valence-electron chi connectivity index (χ2n) is 8.53. The van der Waals surface area contributed by atoms with Gasteiger partial charge >= 0.3 is 0 Å². The monoisotopic (exact) mass is 515 g/mol. The van der Waals surface area contributed by atoms with Crippen LogP contribution in [0.15, 0.2) is 36.4 Å². The Morgan fingerprint density at radius 3 is 2.53 bits per heavy atom. The number of pyridine rings is 1. The summed E-state index contributed by atoms with van der Waals surface area (Å²) < 4.78 is 34.9. The third kappa shape index (κ3) is 5.03. The number of nitrogens with zero attached hydrogens (tertiary/aromatic N) is 1. The number of amides is 1. The van der Waals surface area contributed by atoms with Crippen LogP contribution in [-0.4, -0.2) is 41.3 Å². The van der Waals surface area contributed by atoms with Gasteiger partial charge in [0.1, 0.15) is 28.1 Å². The van der Waals surface area contributed by atoms with Crippen molar-refractivity contribution in [3.05, 3.63) is 64.9 Å². The van der Waals surface area contributed by atoms with Gasteiger partial charge in [-0.25, -0.2) is 13.8 Å². The molecule has 3 heterocycles. The Hall–Kier alpha value is -3.54. The zero-order chi connectivity index (χ0) is 26.0. The molecule has 1 unspecified atom stereocenters. The van der Waals surface area contributed by atoms with Crippen LogP contribution >= 0.6 is 11.3 Å². The van der Waals surface area contributed by atoms with Crippen LogP contribution in [0.1, 0.15) is 35.0 Å². The normalized spacial score (nSPS) is 15.1. The highest BCUT2D eigenvalue weighted by Crippen LogP contribution is 2.41. The van der Waals surface area contributed by atoms with Crippen LogP contribution in [0.3, 0.4) is 0 Å². The van der Waals surface area contributed by atoms with Crippen molar-refractivity contribution in [1.82, 2.24) is 4.98 Å². The molecule has 0 radical (unpaired) electrons. The summed E-state index contributed by atoms with van der Waals surface area (Å²) in [6.45, 7) is 1.68. The minimum absolute atomic E-state index is 0.0127. The van der Waals surface area contributed by atoms with Gasteiger partial charge in [-0.1, -0.05) is 13.0 Å². The molecule has 0 saturated carbocycles. The number of aldehydes is 1. The molecule has 4 N–H and O–H groups in total. The van der Waals surface area contributed by atoms with Crippen LogP contribution in [0.2, 0.25) is 0 Å². The number of ether oxygens (including phenoxy) is 1. The fourth-order valence-electron chi connectivity index (χ4n) is 3.90. The number of primary amides is 1. The number of benzene rings is 1. The highest BCUT2D eigenvalue weighted by Gasteiger charge is 2.39. The first kappa shape index (κ1) is 25.5. The largest absolute Gasteiger partial charge is 0.380 e. The molecule has 1 amide bonds. The van der Waals surface area contributed by atoms with E-state index in [4.69, 9.17) is 10.5 Å². The van der Waals surface area contributed by atoms with Crippen LogP contribution in [0, 0.1) is 17.6 Å². The van der Waals surface area contributed by atoms with Crippen LogP contribution < -0.4 is 11.1 Å². The molecule has 1 aliphatic rings. The van der Waals surface area contributed by atoms with Gasteiger partial charge in [-0.3, -0.25) is 14.4 Å². The van der Waals surface area contributed by atoms with Crippen molar-refractivity contribution in [2.45, 2.75) is 25.4 Å². The lowest BCUT2D eigenvalue weighted by molar-refractivity contribution is -0.184. The summed E-state index contributed by atoms with van der Waals surface area (Å²) >= 11 is 0.910. The standard InChI is InChI=1S/C25H23F2N3O5S/c1-2-13(19(32)10-31)6-15-4-3-5-21(29-15)30-24-16(23(28)33)9-20(36-24)22-17(26)7-14(8-18(22)27)25(34)11-35-12-25/h3-5,7-10,13,34H,2,6,11-12H2,1H3,(H2,28,33)(H,29,30). The molecule has 2 aromatic heterocycles. The molecule has 0 bridgehead atoms. The zero-order valence-corrected chi connectivity index (χ0v) is 20.0. The van der Waals surface area contributed by atoms with Crippen LogP contribution in [0.25, 0.3) is 10.4 Å². The number of hydrogen-bond donors (Lipinski definition) is 3. The van der Waals surface area contributed by atoms with E-state index in [0.29, 0.717) is 24.2 Å². The quantitative estimate of drug-likeness (QED) is 0.278. The number of thiophene rings is 1. The van der Waals surface area contributed by atoms with Crippen LogP contribution in [-0.2, 0) is 26.3 Å². The second-order valence-corrected chi connectivity index (χ2v) is 9.58. The number of carbonyl (C=O) groups excluding carboxylic acids is 3. The molecule has 1 saturated heterocycles. The molecule has 1 aliphatic heterocycles. The topological polar surface area (TPSA) is 132 Å². The minimum Gasteiger partial charge on any atom is -0.380 e. The number of nitrogens with two attached hydrogens (primary N) is 1. The van der Waals surface area contributed by atoms with E-state index < -0.39 is 34.8 Å². The Morgan fingerprint density at radius 2 is 1.97 bits per heavy atom. The third-order valence-electron chi connectivity index (χ3n) is 6.02. The molecule has 1 aromatic carbocycles. The van der Waals surface area contributed by atoms with E-state index in [-0.39, 0.29) is 46.2 Å². The number of aromatic nitrogens is 1. The number of hydrogen-bond acceptors (Lipinski definition) is 8. The van der Waals surface area contributed by atoms with E-state index in [9.17, 15) is 28.3 Å². The van der Waals surface area contributed by atoms with Crippen molar-refractivity contribution < 1.29 is 33.0 Å². The van der Waals surface area contributed by atoms with Crippen molar-refractivity contribution in [3.8, 4) is 10.4 Å². The Kier molecular flexibility index (Phi) is 7.25. The average Bonchev–Trinajstić information content (AvgIpc) is 3.23. The fraction of sp³-hybridized carbons (Fsp3) is 0.280. The number of anilines is 2. The maximum Gasteiger partial charge on any atom is 0.251 e. The predicted molar refractivity (Wildman–Crippen MR) is 129 cm³/mol. The average molecular weight is 516 g/mol. The number of carbonyl (C=O) groups is 3. The lowest BCUT2D eigenvalue weighted by Crippen LogP contribution is -2.46. The van der Waals surface area contributed by atoms with Gasteiger partial charge in [0.15, 0.2) is 12.1 Å². The van der Waals surface area contributed by atoms with Gasteiger partial charge in [0, 0.05) is 16.5 Å². The van der Waals surface area contributed by atoms with Crippen molar-refractivity contribution in [3.63, 3.8) is 0 Å². The minimum atomic E-state index is -1.44. The highest BCUT2D eigenvalue weighted by molar-refractivity contribution is 7.20. The Bertz CT molecular complexity index is 1320. The van der Waals surface area contributed by atoms with Crippen LogP contribution in [0.4, 0.5) is 19.6 Å². The van der Waals surface area contributed by atoms with Crippen LogP contribution in [0.5, 0.6) is 0 Å². The first-order valence-electron chi connectivity index (χ1n) is 11.1. The first-order chi connectivity index (χ1) is 17.1. The lowest BCUT2D eigenvalue weighted by Gasteiger charge is -2.36. The van der Waals surface area contributed by atoms with E-state index in [1.54, 1.807) is 25.1 Å². The summed E-state index contributed by atoms with van der Waals surface area (Å²) in [6.07, 6.45) is 1.02. The highest BCUT2D eigenvalue weighted by atomic mass is 32.1. The van der Waals surface area contributed by atoms with Crippen molar-refractivity contribution in [2.24, 2.45) is 11.7 Å². The summed E-state index contributed by atoms with van der Waals surface area (Å²) in [6, 6.07) is 8.40. The van der Waals surface area contributed by atoms with Crippen molar-refractivity contribution >= 4 is 40.1 Å².